The first-order valence-electron chi connectivity index (χ1n) is 6.64. The third-order valence-corrected chi connectivity index (χ3v) is 3.81. The van der Waals surface area contributed by atoms with Gasteiger partial charge in [-0.3, -0.25) is 10.1 Å². The van der Waals surface area contributed by atoms with Crippen molar-refractivity contribution in [3.05, 3.63) is 30.3 Å². The van der Waals surface area contributed by atoms with E-state index in [1.54, 1.807) is 4.90 Å². The molecule has 0 aliphatic carbocycles. The summed E-state index contributed by atoms with van der Waals surface area (Å²) in [6.07, 6.45) is 1.37. The first kappa shape index (κ1) is 12.0. The van der Waals surface area contributed by atoms with Gasteiger partial charge in [0.25, 0.3) is 0 Å². The van der Waals surface area contributed by atoms with Gasteiger partial charge in [-0.2, -0.15) is 0 Å². The molecular weight excluding hydrogens is 242 g/mol. The van der Waals surface area contributed by atoms with Crippen LogP contribution in [0.4, 0.5) is 10.5 Å². The molecule has 0 bridgehead atoms. The van der Waals surface area contributed by atoms with Gasteiger partial charge in [-0.25, -0.2) is 4.79 Å². The number of rotatable bonds is 2. The number of nitrogens with zero attached hydrogens (tertiary/aromatic N) is 2. The van der Waals surface area contributed by atoms with E-state index in [9.17, 15) is 9.59 Å². The molecule has 0 unspecified atom stereocenters. The smallest absolute Gasteiger partial charge is 0.324 e. The number of para-hydroxylation sites is 1. The molecule has 19 heavy (non-hydrogen) atoms. The molecule has 2 fully saturated rings. The number of benzene rings is 1. The normalized spacial score (nSPS) is 23.7. The highest BCUT2D eigenvalue weighted by Crippen LogP contribution is 2.23. The predicted molar refractivity (Wildman–Crippen MR) is 71.9 cm³/mol. The summed E-state index contributed by atoms with van der Waals surface area (Å²) in [5.41, 5.74) is 1.19. The Hall–Kier alpha value is -2.04. The van der Waals surface area contributed by atoms with Crippen molar-refractivity contribution in [1.29, 1.82) is 0 Å². The molecule has 1 aromatic carbocycles. The van der Waals surface area contributed by atoms with E-state index in [0.29, 0.717) is 13.0 Å². The molecule has 1 aromatic rings. The minimum atomic E-state index is -0.240. The van der Waals surface area contributed by atoms with Gasteiger partial charge in [0.1, 0.15) is 0 Å². The molecule has 2 saturated heterocycles. The topological polar surface area (TPSA) is 52.7 Å². The number of carbonyl (C=O) groups excluding carboxylic acids is 2. The Balaban J connectivity index is 1.66. The van der Waals surface area contributed by atoms with E-state index in [4.69, 9.17) is 0 Å². The Morgan fingerprint density at radius 2 is 1.89 bits per heavy atom. The second kappa shape index (κ2) is 4.91. The quantitative estimate of drug-likeness (QED) is 0.868. The van der Waals surface area contributed by atoms with Crippen molar-refractivity contribution in [2.24, 2.45) is 0 Å². The van der Waals surface area contributed by atoms with E-state index in [1.165, 1.54) is 5.69 Å². The number of carbonyl (C=O) groups is 2. The van der Waals surface area contributed by atoms with Crippen molar-refractivity contribution in [3.8, 4) is 0 Å². The van der Waals surface area contributed by atoms with Crippen LogP contribution in [0.2, 0.25) is 0 Å². The summed E-state index contributed by atoms with van der Waals surface area (Å²) >= 11 is 0. The van der Waals surface area contributed by atoms with Gasteiger partial charge in [0.15, 0.2) is 0 Å². The third kappa shape index (κ3) is 2.41. The second-order valence-corrected chi connectivity index (χ2v) is 5.02. The van der Waals surface area contributed by atoms with E-state index in [2.05, 4.69) is 22.3 Å². The highest BCUT2D eigenvalue weighted by Gasteiger charge is 2.33. The minimum absolute atomic E-state index is 0.167. The van der Waals surface area contributed by atoms with E-state index >= 15 is 0 Å². The van der Waals surface area contributed by atoms with E-state index in [0.717, 1.165) is 19.5 Å². The van der Waals surface area contributed by atoms with Crippen molar-refractivity contribution in [3.63, 3.8) is 0 Å². The SMILES string of the molecule is O=C1CCN([C@@H]2CCN(c3ccccc3)C2)C(=O)N1. The second-order valence-electron chi connectivity index (χ2n) is 5.02. The van der Waals surface area contributed by atoms with Gasteiger partial charge in [0.05, 0.1) is 6.04 Å². The number of amides is 3. The largest absolute Gasteiger partial charge is 0.369 e. The number of hydrogen-bond acceptors (Lipinski definition) is 3. The summed E-state index contributed by atoms with van der Waals surface area (Å²) in [7, 11) is 0. The number of urea groups is 1. The summed E-state index contributed by atoms with van der Waals surface area (Å²) in [4.78, 5) is 27.0. The Morgan fingerprint density at radius 1 is 1.11 bits per heavy atom. The summed E-state index contributed by atoms with van der Waals surface area (Å²) in [6, 6.07) is 10.2. The standard InChI is InChI=1S/C14H17N3O2/c18-13-7-9-17(14(19)15-13)12-6-8-16(10-12)11-4-2-1-3-5-11/h1-5,12H,6-10H2,(H,15,18,19)/t12-/m1/s1. The van der Waals surface area contributed by atoms with Crippen molar-refractivity contribution in [2.75, 3.05) is 24.5 Å². The lowest BCUT2D eigenvalue weighted by atomic mass is 10.2. The predicted octanol–water partition coefficient (Wildman–Crippen LogP) is 1.21. The van der Waals surface area contributed by atoms with Crippen LogP contribution in [0.3, 0.4) is 0 Å². The fourth-order valence-electron chi connectivity index (χ4n) is 2.80. The maximum absolute atomic E-state index is 11.8. The molecule has 2 aliphatic rings. The fraction of sp³-hybridized carbons (Fsp3) is 0.429. The van der Waals surface area contributed by atoms with Crippen LogP contribution in [0, 0.1) is 0 Å². The zero-order valence-electron chi connectivity index (χ0n) is 10.7. The van der Waals surface area contributed by atoms with E-state index in [-0.39, 0.29) is 18.0 Å². The molecule has 0 radical (unpaired) electrons. The van der Waals surface area contributed by atoms with Crippen LogP contribution in [0.5, 0.6) is 0 Å². The number of nitrogens with one attached hydrogen (secondary N) is 1. The molecule has 100 valence electrons. The molecule has 0 spiro atoms. The molecule has 0 aromatic heterocycles. The summed E-state index contributed by atoms with van der Waals surface area (Å²) in [5, 5.41) is 2.39. The average Bonchev–Trinajstić information content (AvgIpc) is 2.89. The monoisotopic (exact) mass is 259 g/mol. The molecular formula is C14H17N3O2. The Labute approximate surface area is 112 Å². The van der Waals surface area contributed by atoms with Gasteiger partial charge in [0.2, 0.25) is 5.91 Å². The lowest BCUT2D eigenvalue weighted by molar-refractivity contribution is -0.121. The maximum atomic E-state index is 11.8. The molecule has 1 N–H and O–H groups in total. The molecule has 5 heteroatoms. The van der Waals surface area contributed by atoms with Gasteiger partial charge >= 0.3 is 6.03 Å². The number of anilines is 1. The first-order valence-corrected chi connectivity index (χ1v) is 6.64. The molecule has 5 nitrogen and oxygen atoms in total. The van der Waals surface area contributed by atoms with Crippen molar-refractivity contribution in [1.82, 2.24) is 10.2 Å². The Bertz CT molecular complexity index is 489. The van der Waals surface area contributed by atoms with Crippen LogP contribution in [0.1, 0.15) is 12.8 Å². The highest BCUT2D eigenvalue weighted by atomic mass is 16.2. The van der Waals surface area contributed by atoms with Crippen molar-refractivity contribution >= 4 is 17.6 Å². The maximum Gasteiger partial charge on any atom is 0.324 e. The minimum Gasteiger partial charge on any atom is -0.369 e. The highest BCUT2D eigenvalue weighted by molar-refractivity contribution is 5.96. The number of imide groups is 1. The lowest BCUT2D eigenvalue weighted by Gasteiger charge is -2.32. The molecule has 1 atom stereocenters. The average molecular weight is 259 g/mol. The van der Waals surface area contributed by atoms with E-state index in [1.807, 2.05) is 18.2 Å². The van der Waals surface area contributed by atoms with Gasteiger partial charge < -0.3 is 9.80 Å². The fourth-order valence-corrected chi connectivity index (χ4v) is 2.80. The molecule has 2 aliphatic heterocycles. The van der Waals surface area contributed by atoms with Crippen LogP contribution < -0.4 is 10.2 Å². The Kier molecular flexibility index (Phi) is 3.11. The zero-order valence-corrected chi connectivity index (χ0v) is 10.7. The first-order chi connectivity index (χ1) is 9.24. The van der Waals surface area contributed by atoms with Crippen molar-refractivity contribution < 1.29 is 9.59 Å². The van der Waals surface area contributed by atoms with E-state index < -0.39 is 0 Å². The molecule has 3 rings (SSSR count). The molecule has 3 amide bonds. The Morgan fingerprint density at radius 3 is 2.63 bits per heavy atom. The summed E-state index contributed by atoms with van der Waals surface area (Å²) < 4.78 is 0. The molecule has 0 saturated carbocycles. The summed E-state index contributed by atoms with van der Waals surface area (Å²) in [5.74, 6) is -0.167. The summed E-state index contributed by atoms with van der Waals surface area (Å²) in [6.45, 7) is 2.33. The van der Waals surface area contributed by atoms with Crippen LogP contribution in [-0.4, -0.2) is 42.5 Å². The van der Waals surface area contributed by atoms with Crippen LogP contribution in [0.25, 0.3) is 0 Å². The lowest BCUT2D eigenvalue weighted by Crippen LogP contribution is -2.54. The zero-order chi connectivity index (χ0) is 13.2. The van der Waals surface area contributed by atoms with Gasteiger partial charge in [-0.15, -0.1) is 0 Å². The van der Waals surface area contributed by atoms with Gasteiger partial charge in [-0.05, 0) is 18.6 Å². The van der Waals surface area contributed by atoms with Gasteiger partial charge in [0, 0.05) is 31.7 Å². The van der Waals surface area contributed by atoms with Crippen LogP contribution in [-0.2, 0) is 4.79 Å². The molecule has 2 heterocycles. The van der Waals surface area contributed by atoms with Crippen LogP contribution >= 0.6 is 0 Å². The van der Waals surface area contributed by atoms with Gasteiger partial charge in [-0.1, -0.05) is 18.2 Å². The van der Waals surface area contributed by atoms with Crippen molar-refractivity contribution in [2.45, 2.75) is 18.9 Å². The van der Waals surface area contributed by atoms with Crippen LogP contribution in [0.15, 0.2) is 30.3 Å². The third-order valence-electron chi connectivity index (χ3n) is 3.81. The number of hydrogen-bond donors (Lipinski definition) is 1.